The molecule has 116 valence electrons. The molecule has 0 atom stereocenters. The van der Waals surface area contributed by atoms with Crippen molar-refractivity contribution in [2.45, 2.75) is 18.2 Å². The summed E-state index contributed by atoms with van der Waals surface area (Å²) in [6.45, 7) is 0. The second-order valence-electron chi connectivity index (χ2n) is 7.10. The third kappa shape index (κ3) is 2.85. The van der Waals surface area contributed by atoms with E-state index in [0.29, 0.717) is 0 Å². The van der Waals surface area contributed by atoms with E-state index in [1.165, 1.54) is 16.7 Å². The molecule has 23 heavy (non-hydrogen) atoms. The van der Waals surface area contributed by atoms with Gasteiger partial charge in [-0.15, -0.1) is 0 Å². The molecule has 0 aliphatic carbocycles. The summed E-state index contributed by atoms with van der Waals surface area (Å²) in [6.07, 6.45) is 0. The number of hydrogen-bond donors (Lipinski definition) is 0. The fourth-order valence-electron chi connectivity index (χ4n) is 3.86. The van der Waals surface area contributed by atoms with Crippen LogP contribution in [-0.2, 0) is 3.43 Å². The first-order valence-electron chi connectivity index (χ1n) is 8.23. The van der Waals surface area contributed by atoms with E-state index in [1.807, 2.05) is 0 Å². The summed E-state index contributed by atoms with van der Waals surface area (Å²) >= 11 is -2.52. The summed E-state index contributed by atoms with van der Waals surface area (Å²) in [5, 5.41) is 0. The van der Waals surface area contributed by atoms with Gasteiger partial charge in [-0.25, -0.2) is 0 Å². The molecule has 0 fully saturated rings. The third-order valence-electron chi connectivity index (χ3n) is 4.75. The molecule has 0 heterocycles. The molecule has 0 spiro atoms. The van der Waals surface area contributed by atoms with Crippen LogP contribution in [0.1, 0.15) is 16.7 Å². The van der Waals surface area contributed by atoms with Crippen LogP contribution in [-0.4, -0.2) is 18.4 Å². The van der Waals surface area contributed by atoms with Crippen molar-refractivity contribution in [2.75, 3.05) is 0 Å². The van der Waals surface area contributed by atoms with Crippen molar-refractivity contribution in [2.24, 2.45) is 0 Å². The van der Waals surface area contributed by atoms with Gasteiger partial charge in [-0.1, -0.05) is 0 Å². The topological polar surface area (TPSA) is 0 Å². The van der Waals surface area contributed by atoms with Crippen LogP contribution >= 0.6 is 0 Å². The number of hydrogen-bond acceptors (Lipinski definition) is 0. The average Bonchev–Trinajstić information content (AvgIpc) is 2.57. The van der Waals surface area contributed by atoms with Crippen molar-refractivity contribution in [1.82, 2.24) is 0 Å². The van der Waals surface area contributed by atoms with Crippen LogP contribution in [0, 0.1) is 0 Å². The van der Waals surface area contributed by atoms with Crippen LogP contribution in [0.25, 0.3) is 0 Å². The van der Waals surface area contributed by atoms with Crippen LogP contribution < -0.4 is 0 Å². The number of benzene rings is 3. The first-order valence-corrected chi connectivity index (χ1v) is 18.2. The molecule has 1 heteroatoms. The molecule has 3 aromatic carbocycles. The van der Waals surface area contributed by atoms with Gasteiger partial charge in [-0.05, 0) is 0 Å². The Morgan fingerprint density at radius 3 is 0.957 bits per heavy atom. The van der Waals surface area contributed by atoms with Gasteiger partial charge >= 0.3 is 144 Å². The molecule has 0 amide bonds. The van der Waals surface area contributed by atoms with Gasteiger partial charge in [-0.3, -0.25) is 0 Å². The van der Waals surface area contributed by atoms with E-state index >= 15 is 0 Å². The molecular formula is C22H24Sn. The van der Waals surface area contributed by atoms with Crippen LogP contribution in [0.3, 0.4) is 0 Å². The van der Waals surface area contributed by atoms with Crippen LogP contribution in [0.2, 0.25) is 14.8 Å². The predicted octanol–water partition coefficient (Wildman–Crippen LogP) is 5.90. The van der Waals surface area contributed by atoms with Gasteiger partial charge in [0.1, 0.15) is 0 Å². The Morgan fingerprint density at radius 2 is 0.739 bits per heavy atom. The minimum absolute atomic E-state index is 0.0262. The molecule has 3 aromatic rings. The summed E-state index contributed by atoms with van der Waals surface area (Å²) in [4.78, 5) is 7.63. The van der Waals surface area contributed by atoms with Gasteiger partial charge < -0.3 is 0 Å². The molecular weight excluding hydrogens is 383 g/mol. The zero-order chi connectivity index (χ0) is 16.3. The maximum atomic E-state index is 2.54. The second-order valence-corrected chi connectivity index (χ2v) is 22.1. The Morgan fingerprint density at radius 1 is 0.478 bits per heavy atom. The van der Waals surface area contributed by atoms with Crippen molar-refractivity contribution in [1.29, 1.82) is 0 Å². The molecule has 0 unspecified atom stereocenters. The van der Waals surface area contributed by atoms with Crippen molar-refractivity contribution < 1.29 is 0 Å². The molecule has 0 N–H and O–H groups in total. The first kappa shape index (κ1) is 16.3. The Kier molecular flexibility index (Phi) is 4.63. The molecule has 0 saturated carbocycles. The van der Waals surface area contributed by atoms with Gasteiger partial charge in [-0.2, -0.15) is 0 Å². The maximum absolute atomic E-state index is 2.54. The van der Waals surface area contributed by atoms with Gasteiger partial charge in [0.25, 0.3) is 0 Å². The average molecular weight is 407 g/mol. The summed E-state index contributed by atoms with van der Waals surface area (Å²) in [6, 6.07) is 33.2. The quantitative estimate of drug-likeness (QED) is 0.373. The summed E-state index contributed by atoms with van der Waals surface area (Å²) < 4.78 is 0.0262. The molecule has 0 aliphatic rings. The Labute approximate surface area is 144 Å². The van der Waals surface area contributed by atoms with Gasteiger partial charge in [0.2, 0.25) is 0 Å². The van der Waals surface area contributed by atoms with Crippen molar-refractivity contribution in [3.05, 3.63) is 108 Å². The molecule has 0 radical (unpaired) electrons. The SMILES string of the molecule is [CH3][Sn]([CH3])([CH3])[C](c1ccccc1)(c1ccccc1)c1ccccc1. The van der Waals surface area contributed by atoms with Crippen molar-refractivity contribution in [3.63, 3.8) is 0 Å². The molecule has 0 saturated heterocycles. The molecule has 0 aliphatic heterocycles. The van der Waals surface area contributed by atoms with E-state index in [9.17, 15) is 0 Å². The number of rotatable bonds is 4. The standard InChI is InChI=1S/C19H15.3CH3.Sn/c1-4-10-16(11-5-1)19(17-12-6-2-7-13-17)18-14-8-3-9-15-18;;;;/h1-15H;3*1H3;. The molecule has 0 nitrogen and oxygen atoms in total. The fraction of sp³-hybridized carbons (Fsp3) is 0.182. The van der Waals surface area contributed by atoms with E-state index < -0.39 is 18.4 Å². The summed E-state index contributed by atoms with van der Waals surface area (Å²) in [5.41, 5.74) is 4.29. The van der Waals surface area contributed by atoms with Gasteiger partial charge in [0.05, 0.1) is 0 Å². The monoisotopic (exact) mass is 408 g/mol. The van der Waals surface area contributed by atoms with Gasteiger partial charge in [0, 0.05) is 0 Å². The Balaban J connectivity index is 2.41. The summed E-state index contributed by atoms with van der Waals surface area (Å²) in [7, 11) is 0. The Hall–Kier alpha value is -1.54. The van der Waals surface area contributed by atoms with E-state index in [-0.39, 0.29) is 3.43 Å². The first-order chi connectivity index (χ1) is 11.1. The van der Waals surface area contributed by atoms with Crippen LogP contribution in [0.15, 0.2) is 91.0 Å². The fourth-order valence-corrected chi connectivity index (χ4v) is 12.7. The van der Waals surface area contributed by atoms with Crippen molar-refractivity contribution >= 4 is 18.4 Å². The van der Waals surface area contributed by atoms with Gasteiger partial charge in [0.15, 0.2) is 0 Å². The summed E-state index contributed by atoms with van der Waals surface area (Å²) in [5.74, 6) is 0. The zero-order valence-electron chi connectivity index (χ0n) is 14.2. The third-order valence-corrected chi connectivity index (χ3v) is 13.6. The van der Waals surface area contributed by atoms with E-state index in [0.717, 1.165) is 0 Å². The van der Waals surface area contributed by atoms with E-state index in [4.69, 9.17) is 0 Å². The molecule has 0 aromatic heterocycles. The molecule has 0 bridgehead atoms. The van der Waals surface area contributed by atoms with Crippen LogP contribution in [0.4, 0.5) is 0 Å². The van der Waals surface area contributed by atoms with E-state index in [2.05, 4.69) is 106 Å². The zero-order valence-corrected chi connectivity index (χ0v) is 17.0. The van der Waals surface area contributed by atoms with Crippen molar-refractivity contribution in [3.8, 4) is 0 Å². The predicted molar refractivity (Wildman–Crippen MR) is 103 cm³/mol. The Bertz CT molecular complexity index is 644. The minimum atomic E-state index is -2.52. The van der Waals surface area contributed by atoms with E-state index in [1.54, 1.807) is 0 Å². The second kappa shape index (κ2) is 6.52. The van der Waals surface area contributed by atoms with Crippen LogP contribution in [0.5, 0.6) is 0 Å². The normalized spacial score (nSPS) is 12.1. The molecule has 3 rings (SSSR count).